The Kier molecular flexibility index (Phi) is 7.29. The van der Waals surface area contributed by atoms with Crippen molar-refractivity contribution >= 4 is 17.7 Å². The normalized spacial score (nSPS) is 13.2. The zero-order valence-electron chi connectivity index (χ0n) is 28.4. The Hall–Kier alpha value is -3.43. The minimum absolute atomic E-state index is 0.189. The van der Waals surface area contributed by atoms with E-state index < -0.39 is 20.1 Å². The fraction of sp³-hybridized carbons (Fsp3) is 0.256. The predicted molar refractivity (Wildman–Crippen MR) is 182 cm³/mol. The molecule has 208 valence electrons. The zero-order chi connectivity index (χ0) is 31.8. The van der Waals surface area contributed by atoms with E-state index in [9.17, 15) is 0 Å². The van der Waals surface area contributed by atoms with E-state index in [0.717, 1.165) is 44.6 Å². The SMILES string of the molecule is [2H]C([2H])([2H])c1cnc(-c2cccc(-c3ccccc3)c2)cc1-c1c(C(C)C)cc(-c2cc[c]([Ge]([CH3])([CH3])[CH3])cc2)cc1C(C)C. The Labute approximate surface area is 254 Å². The molecule has 0 unspecified atom stereocenters. The monoisotopic (exact) mass is 602 g/mol. The van der Waals surface area contributed by atoms with Crippen molar-refractivity contribution in [3.8, 4) is 44.6 Å². The summed E-state index contributed by atoms with van der Waals surface area (Å²) in [6.07, 6.45) is 1.57. The average molecular weight is 601 g/mol. The van der Waals surface area contributed by atoms with Crippen LogP contribution in [0.4, 0.5) is 0 Å². The van der Waals surface area contributed by atoms with Gasteiger partial charge in [-0.3, -0.25) is 0 Å². The first-order chi connectivity index (χ1) is 20.7. The van der Waals surface area contributed by atoms with E-state index in [0.29, 0.717) is 5.56 Å². The number of aromatic nitrogens is 1. The van der Waals surface area contributed by atoms with Gasteiger partial charge in [0, 0.05) is 0 Å². The molecule has 0 aliphatic rings. The zero-order valence-corrected chi connectivity index (χ0v) is 27.5. The van der Waals surface area contributed by atoms with Crippen LogP contribution in [-0.4, -0.2) is 18.3 Å². The maximum atomic E-state index is 8.49. The van der Waals surface area contributed by atoms with Gasteiger partial charge in [-0.2, -0.15) is 0 Å². The number of benzene rings is 4. The van der Waals surface area contributed by atoms with Crippen LogP contribution >= 0.6 is 0 Å². The van der Waals surface area contributed by atoms with Crippen molar-refractivity contribution in [2.45, 2.75) is 63.7 Å². The Morgan fingerprint density at radius 3 is 1.78 bits per heavy atom. The van der Waals surface area contributed by atoms with Crippen LogP contribution in [-0.2, 0) is 0 Å². The first-order valence-electron chi connectivity index (χ1n) is 16.2. The van der Waals surface area contributed by atoms with Crippen molar-refractivity contribution in [2.24, 2.45) is 0 Å². The van der Waals surface area contributed by atoms with E-state index in [2.05, 4.69) is 112 Å². The standard InChI is InChI=1S/C39H43GeN/c1-26(2)35-22-33(30-17-19-34(20-18-30)40(6,7)8)23-36(27(3)4)39(35)37-24-38(41-25-28(37)5)32-16-12-15-31(21-32)29-13-10-9-11-14-29/h9-27H,1-8H3/i5D3. The van der Waals surface area contributed by atoms with Gasteiger partial charge in [-0.15, -0.1) is 0 Å². The summed E-state index contributed by atoms with van der Waals surface area (Å²) in [5, 5.41) is 0. The van der Waals surface area contributed by atoms with Gasteiger partial charge < -0.3 is 0 Å². The van der Waals surface area contributed by atoms with Crippen molar-refractivity contribution in [2.75, 3.05) is 0 Å². The summed E-state index contributed by atoms with van der Waals surface area (Å²) in [4.78, 5) is 4.72. The molecule has 0 amide bonds. The number of pyridine rings is 1. The molecule has 1 nitrogen and oxygen atoms in total. The summed E-state index contributed by atoms with van der Waals surface area (Å²) < 4.78 is 26.9. The van der Waals surface area contributed by atoms with Gasteiger partial charge in [0.25, 0.3) is 0 Å². The molecule has 0 spiro atoms. The molecule has 0 radical (unpaired) electrons. The van der Waals surface area contributed by atoms with Crippen LogP contribution in [0.15, 0.2) is 103 Å². The molecule has 0 saturated heterocycles. The van der Waals surface area contributed by atoms with Gasteiger partial charge in [-0.1, -0.05) is 48.5 Å². The van der Waals surface area contributed by atoms with Crippen molar-refractivity contribution in [1.29, 1.82) is 0 Å². The second kappa shape index (κ2) is 11.8. The first kappa shape index (κ1) is 25.3. The molecule has 5 rings (SSSR count). The Bertz CT molecular complexity index is 1730. The van der Waals surface area contributed by atoms with Gasteiger partial charge in [0.1, 0.15) is 0 Å². The summed E-state index contributed by atoms with van der Waals surface area (Å²) in [5.74, 6) is 7.63. The van der Waals surface area contributed by atoms with E-state index in [1.165, 1.54) is 15.5 Å². The predicted octanol–water partition coefficient (Wildman–Crippen LogP) is 10.9. The second-order valence-electron chi connectivity index (χ2n) is 12.7. The van der Waals surface area contributed by atoms with Crippen molar-refractivity contribution < 1.29 is 4.11 Å². The van der Waals surface area contributed by atoms with Crippen LogP contribution < -0.4 is 4.40 Å². The summed E-state index contributed by atoms with van der Waals surface area (Å²) in [6, 6.07) is 34.3. The molecule has 1 aromatic heterocycles. The van der Waals surface area contributed by atoms with Crippen LogP contribution in [0.1, 0.15) is 60.3 Å². The van der Waals surface area contributed by atoms with Gasteiger partial charge in [0.05, 0.1) is 0 Å². The van der Waals surface area contributed by atoms with Gasteiger partial charge >= 0.3 is 189 Å². The first-order valence-corrected chi connectivity index (χ1v) is 22.0. The van der Waals surface area contributed by atoms with E-state index in [1.54, 1.807) is 6.20 Å². The van der Waals surface area contributed by atoms with Gasteiger partial charge in [-0.25, -0.2) is 0 Å². The third-order valence-corrected chi connectivity index (χ3v) is 12.3. The van der Waals surface area contributed by atoms with Crippen molar-refractivity contribution in [3.05, 3.63) is 120 Å². The summed E-state index contributed by atoms with van der Waals surface area (Å²) >= 11 is -1.93. The molecule has 41 heavy (non-hydrogen) atoms. The third kappa shape index (κ3) is 6.26. The van der Waals surface area contributed by atoms with E-state index in [1.807, 2.05) is 30.3 Å². The molecule has 0 atom stereocenters. The number of hydrogen-bond acceptors (Lipinski definition) is 1. The Balaban J connectivity index is 1.73. The van der Waals surface area contributed by atoms with Gasteiger partial charge in [-0.05, 0) is 17.2 Å². The molecular weight excluding hydrogens is 555 g/mol. The van der Waals surface area contributed by atoms with Crippen molar-refractivity contribution in [1.82, 2.24) is 4.98 Å². The molecule has 0 saturated carbocycles. The molecule has 0 aliphatic carbocycles. The van der Waals surface area contributed by atoms with Crippen molar-refractivity contribution in [3.63, 3.8) is 0 Å². The van der Waals surface area contributed by atoms with E-state index >= 15 is 0 Å². The molecule has 0 aliphatic heterocycles. The molecule has 1 heterocycles. The molecule has 4 aromatic carbocycles. The molecule has 2 heteroatoms. The Morgan fingerprint density at radius 1 is 0.610 bits per heavy atom. The minimum atomic E-state index is -2.30. The van der Waals surface area contributed by atoms with Crippen LogP contribution in [0.2, 0.25) is 17.3 Å². The summed E-state index contributed by atoms with van der Waals surface area (Å²) in [5.41, 5.74) is 10.7. The summed E-state index contributed by atoms with van der Waals surface area (Å²) in [7, 11) is 0. The third-order valence-electron chi connectivity index (χ3n) is 7.97. The number of nitrogens with zero attached hydrogens (tertiary/aromatic N) is 1. The van der Waals surface area contributed by atoms with Gasteiger partial charge in [0.2, 0.25) is 0 Å². The summed E-state index contributed by atoms with van der Waals surface area (Å²) in [6.45, 7) is 6.49. The van der Waals surface area contributed by atoms with Crippen LogP contribution in [0.25, 0.3) is 44.6 Å². The molecule has 0 bridgehead atoms. The molecular formula is C39H43GeN. The van der Waals surface area contributed by atoms with Gasteiger partial charge in [0.15, 0.2) is 0 Å². The quantitative estimate of drug-likeness (QED) is 0.169. The molecule has 0 fully saturated rings. The maximum absolute atomic E-state index is 8.49. The fourth-order valence-electron chi connectivity index (χ4n) is 5.55. The number of aryl methyl sites for hydroxylation is 1. The number of rotatable bonds is 7. The average Bonchev–Trinajstić information content (AvgIpc) is 2.99. The van der Waals surface area contributed by atoms with E-state index in [-0.39, 0.29) is 11.8 Å². The van der Waals surface area contributed by atoms with Crippen LogP contribution in [0, 0.1) is 6.85 Å². The second-order valence-corrected chi connectivity index (χ2v) is 23.4. The molecule has 5 aromatic rings. The molecule has 0 N–H and O–H groups in total. The van der Waals surface area contributed by atoms with Crippen LogP contribution in [0.5, 0.6) is 0 Å². The fourth-order valence-corrected chi connectivity index (χ4v) is 8.00. The van der Waals surface area contributed by atoms with Crippen LogP contribution in [0.3, 0.4) is 0 Å². The topological polar surface area (TPSA) is 12.9 Å². The Morgan fingerprint density at radius 2 is 1.20 bits per heavy atom. The van der Waals surface area contributed by atoms with E-state index in [4.69, 9.17) is 9.10 Å². The number of hydrogen-bond donors (Lipinski definition) is 0.